The van der Waals surface area contributed by atoms with E-state index in [4.69, 9.17) is 10.00 Å². The molecule has 1 fully saturated rings. The molecule has 4 nitrogen and oxygen atoms in total. The van der Waals surface area contributed by atoms with Crippen LogP contribution in [0.4, 0.5) is 0 Å². The first kappa shape index (κ1) is 12.3. The molecule has 0 aromatic carbocycles. The molecule has 1 N–H and O–H groups in total. The molecule has 0 aromatic rings. The third-order valence-electron chi connectivity index (χ3n) is 2.37. The van der Waals surface area contributed by atoms with Crippen LogP contribution in [0.15, 0.2) is 35.8 Å². The monoisotopic (exact) mass is 220 g/mol. The number of allylic oxidation sites excluding steroid dienone is 4. The minimum atomic E-state index is 0.0218. The Labute approximate surface area is 95.7 Å². The number of morpholine rings is 1. The molecule has 0 aromatic heterocycles. The van der Waals surface area contributed by atoms with Gasteiger partial charge in [0.25, 0.3) is 0 Å². The maximum Gasteiger partial charge on any atom is 0.107 e. The standard InChI is InChI=1S/C12H16N2O2/c1-10(14-5-7-16-8-6-14)3-4-12(9-13)11(2)15/h3-4,15H,1,5-8H2,2H3/b4-3-,12-11-. The Morgan fingerprint density at radius 2 is 2.06 bits per heavy atom. The average Bonchev–Trinajstić information content (AvgIpc) is 2.30. The lowest BCUT2D eigenvalue weighted by Crippen LogP contribution is -2.34. The Morgan fingerprint density at radius 3 is 2.56 bits per heavy atom. The van der Waals surface area contributed by atoms with E-state index in [1.54, 1.807) is 12.2 Å². The Bertz CT molecular complexity index is 354. The van der Waals surface area contributed by atoms with E-state index in [0.717, 1.165) is 18.8 Å². The Balaban J connectivity index is 2.60. The Kier molecular flexibility index (Phi) is 4.62. The summed E-state index contributed by atoms with van der Waals surface area (Å²) in [5.74, 6) is 0.0218. The molecule has 0 atom stereocenters. The quantitative estimate of drug-likeness (QED) is 0.447. The summed E-state index contributed by atoms with van der Waals surface area (Å²) in [4.78, 5) is 2.09. The van der Waals surface area contributed by atoms with Gasteiger partial charge in [0.15, 0.2) is 0 Å². The van der Waals surface area contributed by atoms with Crippen LogP contribution < -0.4 is 0 Å². The molecule has 16 heavy (non-hydrogen) atoms. The van der Waals surface area contributed by atoms with Crippen molar-refractivity contribution in [2.24, 2.45) is 0 Å². The lowest BCUT2D eigenvalue weighted by Gasteiger charge is -2.28. The molecule has 0 radical (unpaired) electrons. The molecule has 1 aliphatic heterocycles. The minimum Gasteiger partial charge on any atom is -0.511 e. The van der Waals surface area contributed by atoms with Gasteiger partial charge in [-0.2, -0.15) is 5.26 Å². The first-order valence-corrected chi connectivity index (χ1v) is 5.14. The third-order valence-corrected chi connectivity index (χ3v) is 2.37. The van der Waals surface area contributed by atoms with E-state index in [0.29, 0.717) is 13.2 Å². The summed E-state index contributed by atoms with van der Waals surface area (Å²) in [6, 6.07) is 1.92. The Morgan fingerprint density at radius 1 is 1.44 bits per heavy atom. The van der Waals surface area contributed by atoms with Crippen LogP contribution in [0.25, 0.3) is 0 Å². The number of aliphatic hydroxyl groups is 1. The molecule has 0 amide bonds. The number of ether oxygens (including phenoxy) is 1. The fourth-order valence-electron chi connectivity index (χ4n) is 1.37. The van der Waals surface area contributed by atoms with Crippen LogP contribution in [0.1, 0.15) is 6.92 Å². The third kappa shape index (κ3) is 3.44. The van der Waals surface area contributed by atoms with Crippen molar-refractivity contribution in [2.75, 3.05) is 26.3 Å². The van der Waals surface area contributed by atoms with Crippen LogP contribution >= 0.6 is 0 Å². The molecule has 1 saturated heterocycles. The molecule has 0 spiro atoms. The van der Waals surface area contributed by atoms with Crippen LogP contribution in [0.5, 0.6) is 0 Å². The van der Waals surface area contributed by atoms with Gasteiger partial charge in [-0.1, -0.05) is 6.58 Å². The molecule has 4 heteroatoms. The molecule has 0 bridgehead atoms. The fraction of sp³-hybridized carbons (Fsp3) is 0.417. The zero-order valence-electron chi connectivity index (χ0n) is 9.44. The number of rotatable bonds is 3. The molecular formula is C12H16N2O2. The Hall–Kier alpha value is -1.73. The normalized spacial score (nSPS) is 18.1. The zero-order chi connectivity index (χ0) is 12.0. The molecule has 0 aliphatic carbocycles. The summed E-state index contributed by atoms with van der Waals surface area (Å²) in [5.41, 5.74) is 1.09. The average molecular weight is 220 g/mol. The topological polar surface area (TPSA) is 56.5 Å². The van der Waals surface area contributed by atoms with Crippen LogP contribution in [-0.2, 0) is 4.74 Å². The summed E-state index contributed by atoms with van der Waals surface area (Å²) in [5, 5.41) is 17.9. The minimum absolute atomic E-state index is 0.0218. The van der Waals surface area contributed by atoms with Crippen molar-refractivity contribution in [1.29, 1.82) is 5.26 Å². The first-order valence-electron chi connectivity index (χ1n) is 5.14. The highest BCUT2D eigenvalue weighted by atomic mass is 16.5. The van der Waals surface area contributed by atoms with Gasteiger partial charge in [0.1, 0.15) is 11.8 Å². The van der Waals surface area contributed by atoms with Gasteiger partial charge in [-0.25, -0.2) is 0 Å². The smallest absolute Gasteiger partial charge is 0.107 e. The first-order chi connectivity index (χ1) is 7.65. The fourth-order valence-corrected chi connectivity index (χ4v) is 1.37. The van der Waals surface area contributed by atoms with Crippen molar-refractivity contribution in [3.8, 4) is 6.07 Å². The van der Waals surface area contributed by atoms with Crippen LogP contribution in [0, 0.1) is 11.3 Å². The summed E-state index contributed by atoms with van der Waals surface area (Å²) in [6.07, 6.45) is 3.32. The van der Waals surface area contributed by atoms with Gasteiger partial charge in [-0.3, -0.25) is 0 Å². The summed E-state index contributed by atoms with van der Waals surface area (Å²) in [7, 11) is 0. The van der Waals surface area contributed by atoms with Gasteiger partial charge < -0.3 is 14.7 Å². The van der Waals surface area contributed by atoms with Crippen molar-refractivity contribution in [2.45, 2.75) is 6.92 Å². The summed E-state index contributed by atoms with van der Waals surface area (Å²) in [6.45, 7) is 8.43. The zero-order valence-corrected chi connectivity index (χ0v) is 9.44. The van der Waals surface area contributed by atoms with Gasteiger partial charge in [-0.05, 0) is 19.1 Å². The van der Waals surface area contributed by atoms with E-state index < -0.39 is 0 Å². The second-order valence-electron chi connectivity index (χ2n) is 3.53. The van der Waals surface area contributed by atoms with Crippen molar-refractivity contribution >= 4 is 0 Å². The van der Waals surface area contributed by atoms with Gasteiger partial charge in [0.2, 0.25) is 0 Å². The van der Waals surface area contributed by atoms with Crippen molar-refractivity contribution in [1.82, 2.24) is 4.90 Å². The second kappa shape index (κ2) is 5.99. The lowest BCUT2D eigenvalue weighted by atomic mass is 10.2. The molecule has 86 valence electrons. The lowest BCUT2D eigenvalue weighted by molar-refractivity contribution is 0.0556. The molecule has 0 unspecified atom stereocenters. The highest BCUT2D eigenvalue weighted by Gasteiger charge is 2.09. The summed E-state index contributed by atoms with van der Waals surface area (Å²) >= 11 is 0. The number of aliphatic hydroxyl groups excluding tert-OH is 1. The van der Waals surface area contributed by atoms with E-state index in [-0.39, 0.29) is 11.3 Å². The highest BCUT2D eigenvalue weighted by Crippen LogP contribution is 2.09. The maximum atomic E-state index is 9.18. The molecular weight excluding hydrogens is 204 g/mol. The predicted octanol–water partition coefficient (Wildman–Crippen LogP) is 1.74. The molecule has 0 saturated carbocycles. The number of hydrogen-bond acceptors (Lipinski definition) is 4. The second-order valence-corrected chi connectivity index (χ2v) is 3.53. The molecule has 1 heterocycles. The van der Waals surface area contributed by atoms with Crippen LogP contribution in [-0.4, -0.2) is 36.3 Å². The van der Waals surface area contributed by atoms with E-state index >= 15 is 0 Å². The van der Waals surface area contributed by atoms with E-state index in [9.17, 15) is 5.11 Å². The highest BCUT2D eigenvalue weighted by molar-refractivity contribution is 5.37. The molecule has 1 rings (SSSR count). The van der Waals surface area contributed by atoms with E-state index in [1.165, 1.54) is 6.92 Å². The van der Waals surface area contributed by atoms with E-state index in [1.807, 2.05) is 6.07 Å². The largest absolute Gasteiger partial charge is 0.511 e. The maximum absolute atomic E-state index is 9.18. The summed E-state index contributed by atoms with van der Waals surface area (Å²) < 4.78 is 5.23. The number of nitriles is 1. The van der Waals surface area contributed by atoms with Gasteiger partial charge in [0, 0.05) is 18.8 Å². The van der Waals surface area contributed by atoms with Gasteiger partial charge >= 0.3 is 0 Å². The molecule has 1 aliphatic rings. The number of nitrogens with zero attached hydrogens (tertiary/aromatic N) is 2. The SMILES string of the molecule is C=C(/C=C\C(C#N)=C(/C)O)N1CCOCC1. The van der Waals surface area contributed by atoms with Crippen LogP contribution in [0.2, 0.25) is 0 Å². The van der Waals surface area contributed by atoms with Crippen molar-refractivity contribution in [3.05, 3.63) is 35.8 Å². The van der Waals surface area contributed by atoms with Gasteiger partial charge in [0.05, 0.1) is 18.8 Å². The predicted molar refractivity (Wildman–Crippen MR) is 61.6 cm³/mol. The van der Waals surface area contributed by atoms with E-state index in [2.05, 4.69) is 11.5 Å². The van der Waals surface area contributed by atoms with Crippen LogP contribution in [0.3, 0.4) is 0 Å². The van der Waals surface area contributed by atoms with Crippen molar-refractivity contribution < 1.29 is 9.84 Å². The van der Waals surface area contributed by atoms with Gasteiger partial charge in [-0.15, -0.1) is 0 Å². The van der Waals surface area contributed by atoms with Crippen molar-refractivity contribution in [3.63, 3.8) is 0 Å². The number of hydrogen-bond donors (Lipinski definition) is 1.